The molecule has 0 bridgehead atoms. The normalized spacial score (nSPS) is 20.9. The third-order valence-electron chi connectivity index (χ3n) is 5.38. The van der Waals surface area contributed by atoms with Crippen molar-refractivity contribution in [3.8, 4) is 0 Å². The summed E-state index contributed by atoms with van der Waals surface area (Å²) in [4.78, 5) is 35.1. The minimum atomic E-state index is -1.32. The first-order valence-electron chi connectivity index (χ1n) is 9.28. The van der Waals surface area contributed by atoms with Gasteiger partial charge in [-0.05, 0) is 25.3 Å². The molecule has 1 aliphatic carbocycles. The Kier molecular flexibility index (Phi) is 4.52. The van der Waals surface area contributed by atoms with E-state index in [0.29, 0.717) is 18.7 Å². The summed E-state index contributed by atoms with van der Waals surface area (Å²) in [5.41, 5.74) is 0.0631. The van der Waals surface area contributed by atoms with Crippen molar-refractivity contribution in [3.63, 3.8) is 0 Å². The van der Waals surface area contributed by atoms with Gasteiger partial charge >= 0.3 is 5.97 Å². The fraction of sp³-hybridized carbons (Fsp3) is 0.474. The fourth-order valence-corrected chi connectivity index (χ4v) is 3.75. The summed E-state index contributed by atoms with van der Waals surface area (Å²) < 4.78 is 16.6. The molecule has 0 amide bonds. The highest BCUT2D eigenvalue weighted by molar-refractivity contribution is 5.95. The monoisotopic (exact) mass is 388 g/mol. The van der Waals surface area contributed by atoms with Gasteiger partial charge in [-0.25, -0.2) is 14.2 Å². The second kappa shape index (κ2) is 6.88. The van der Waals surface area contributed by atoms with Crippen LogP contribution in [0.1, 0.15) is 42.6 Å². The molecule has 8 nitrogen and oxygen atoms in total. The third-order valence-corrected chi connectivity index (χ3v) is 5.38. The number of anilines is 1. The summed E-state index contributed by atoms with van der Waals surface area (Å²) in [6.45, 7) is 2.97. The number of rotatable bonds is 5. The van der Waals surface area contributed by atoms with Gasteiger partial charge in [0.15, 0.2) is 11.6 Å². The Morgan fingerprint density at radius 1 is 1.46 bits per heavy atom. The fourth-order valence-electron chi connectivity index (χ4n) is 3.75. The lowest BCUT2D eigenvalue weighted by molar-refractivity contribution is 0.0695. The van der Waals surface area contributed by atoms with Gasteiger partial charge in [0.2, 0.25) is 5.43 Å². The van der Waals surface area contributed by atoms with E-state index in [1.165, 1.54) is 13.3 Å². The van der Waals surface area contributed by atoms with Crippen LogP contribution in [0.4, 0.5) is 10.2 Å². The minimum absolute atomic E-state index is 0.00919. The number of hydrogen-bond acceptors (Lipinski definition) is 6. The largest absolute Gasteiger partial charge is 0.477 e. The smallest absolute Gasteiger partial charge is 0.341 e. The van der Waals surface area contributed by atoms with E-state index >= 15 is 0 Å². The average Bonchev–Trinajstić information content (AvgIpc) is 3.42. The molecular weight excluding hydrogens is 367 g/mol. The number of carbonyl (C=O) groups is 1. The summed E-state index contributed by atoms with van der Waals surface area (Å²) >= 11 is 0. The van der Waals surface area contributed by atoms with Crippen molar-refractivity contribution in [2.45, 2.75) is 32.2 Å². The van der Waals surface area contributed by atoms with Gasteiger partial charge in [-0.1, -0.05) is 12.1 Å². The maximum Gasteiger partial charge on any atom is 0.341 e. The standard InChI is InChI=1S/C19H21FN4O4/c1-3-10-7-23(9-15(10)22-28-2)18-14(20)6-12-16(25)13(19(26)27)8-24(11-4-5-11)17(12)21-18/h6,8,10-11H,3-5,7,9H2,1-2H3,(H,26,27). The summed E-state index contributed by atoms with van der Waals surface area (Å²) in [5.74, 6) is -1.69. The van der Waals surface area contributed by atoms with Gasteiger partial charge in [-0.15, -0.1) is 0 Å². The zero-order chi connectivity index (χ0) is 20.0. The number of fused-ring (bicyclic) bond motifs is 1. The maximum atomic E-state index is 14.9. The number of hydrogen-bond donors (Lipinski definition) is 1. The number of carboxylic acid groups (broad SMARTS) is 1. The first-order chi connectivity index (χ1) is 13.4. The predicted octanol–water partition coefficient (Wildman–Crippen LogP) is 2.42. The van der Waals surface area contributed by atoms with Crippen LogP contribution >= 0.6 is 0 Å². The minimum Gasteiger partial charge on any atom is -0.477 e. The van der Waals surface area contributed by atoms with E-state index in [9.17, 15) is 19.1 Å². The second-order valence-electron chi connectivity index (χ2n) is 7.23. The van der Waals surface area contributed by atoms with Crippen LogP contribution < -0.4 is 10.3 Å². The molecule has 1 unspecified atom stereocenters. The number of aromatic nitrogens is 2. The van der Waals surface area contributed by atoms with Crippen molar-refractivity contribution in [1.82, 2.24) is 9.55 Å². The molecule has 2 aromatic rings. The van der Waals surface area contributed by atoms with Crippen molar-refractivity contribution in [2.75, 3.05) is 25.1 Å². The molecule has 28 heavy (non-hydrogen) atoms. The molecule has 148 valence electrons. The Labute approximate surface area is 160 Å². The first kappa shape index (κ1) is 18.4. The first-order valence-corrected chi connectivity index (χ1v) is 9.28. The molecule has 2 fully saturated rings. The van der Waals surface area contributed by atoms with Crippen molar-refractivity contribution in [1.29, 1.82) is 0 Å². The van der Waals surface area contributed by atoms with E-state index < -0.39 is 17.2 Å². The maximum absolute atomic E-state index is 14.9. The van der Waals surface area contributed by atoms with Crippen LogP contribution in [-0.2, 0) is 4.84 Å². The Hall–Kier alpha value is -2.97. The molecule has 1 N–H and O–H groups in total. The van der Waals surface area contributed by atoms with Crippen molar-refractivity contribution in [3.05, 3.63) is 33.9 Å². The molecule has 2 aliphatic rings. The molecule has 1 atom stereocenters. The van der Waals surface area contributed by atoms with Crippen LogP contribution in [0.15, 0.2) is 22.2 Å². The van der Waals surface area contributed by atoms with Gasteiger partial charge in [0.1, 0.15) is 18.3 Å². The van der Waals surface area contributed by atoms with E-state index in [1.54, 1.807) is 9.47 Å². The zero-order valence-corrected chi connectivity index (χ0v) is 15.7. The van der Waals surface area contributed by atoms with Gasteiger partial charge < -0.3 is 19.4 Å². The van der Waals surface area contributed by atoms with Crippen molar-refractivity contribution < 1.29 is 19.1 Å². The number of pyridine rings is 2. The molecule has 0 spiro atoms. The number of carboxylic acids is 1. The van der Waals surface area contributed by atoms with Crippen molar-refractivity contribution >= 4 is 28.5 Å². The van der Waals surface area contributed by atoms with Crippen LogP contribution in [0.25, 0.3) is 11.0 Å². The molecule has 1 saturated heterocycles. The van der Waals surface area contributed by atoms with Crippen LogP contribution in [0.5, 0.6) is 0 Å². The topological polar surface area (TPSA) is 97.0 Å². The van der Waals surface area contributed by atoms with E-state index in [-0.39, 0.29) is 28.7 Å². The molecule has 2 aromatic heterocycles. The Balaban J connectivity index is 1.86. The van der Waals surface area contributed by atoms with Crippen molar-refractivity contribution in [2.24, 2.45) is 11.1 Å². The lowest BCUT2D eigenvalue weighted by Crippen LogP contribution is -2.25. The van der Waals surface area contributed by atoms with E-state index in [2.05, 4.69) is 10.1 Å². The number of oxime groups is 1. The van der Waals surface area contributed by atoms with Crippen LogP contribution in [0.2, 0.25) is 0 Å². The zero-order valence-electron chi connectivity index (χ0n) is 15.7. The predicted molar refractivity (Wildman–Crippen MR) is 102 cm³/mol. The SMILES string of the molecule is CCC1CN(c2nc3c(cc2F)c(=O)c(C(=O)O)cn3C2CC2)CC1=NOC. The highest BCUT2D eigenvalue weighted by Gasteiger charge is 2.33. The van der Waals surface area contributed by atoms with Gasteiger partial charge in [0, 0.05) is 24.7 Å². The van der Waals surface area contributed by atoms with Crippen LogP contribution in [0, 0.1) is 11.7 Å². The molecule has 0 aromatic carbocycles. The highest BCUT2D eigenvalue weighted by atomic mass is 19.1. The Morgan fingerprint density at radius 2 is 2.21 bits per heavy atom. The Morgan fingerprint density at radius 3 is 2.82 bits per heavy atom. The van der Waals surface area contributed by atoms with E-state index in [1.807, 2.05) is 6.92 Å². The van der Waals surface area contributed by atoms with Crippen LogP contribution in [0.3, 0.4) is 0 Å². The third kappa shape index (κ3) is 3.00. The summed E-state index contributed by atoms with van der Waals surface area (Å²) in [7, 11) is 1.48. The average molecular weight is 388 g/mol. The highest BCUT2D eigenvalue weighted by Crippen LogP contribution is 2.37. The molecule has 1 aliphatic heterocycles. The summed E-state index contributed by atoms with van der Waals surface area (Å²) in [6, 6.07) is 1.19. The van der Waals surface area contributed by atoms with Gasteiger partial charge in [-0.3, -0.25) is 4.79 Å². The second-order valence-corrected chi connectivity index (χ2v) is 7.23. The number of halogens is 1. The summed E-state index contributed by atoms with van der Waals surface area (Å²) in [5, 5.41) is 13.4. The van der Waals surface area contributed by atoms with Gasteiger partial charge in [0.25, 0.3) is 0 Å². The lowest BCUT2D eigenvalue weighted by Gasteiger charge is -2.19. The molecule has 0 radical (unpaired) electrons. The molecule has 3 heterocycles. The quantitative estimate of drug-likeness (QED) is 0.790. The lowest BCUT2D eigenvalue weighted by atomic mass is 10.0. The van der Waals surface area contributed by atoms with Gasteiger partial charge in [0.05, 0.1) is 17.6 Å². The van der Waals surface area contributed by atoms with Gasteiger partial charge in [-0.2, -0.15) is 0 Å². The molecular formula is C19H21FN4O4. The molecule has 4 rings (SSSR count). The number of nitrogens with zero attached hydrogens (tertiary/aromatic N) is 4. The van der Waals surface area contributed by atoms with E-state index in [4.69, 9.17) is 4.84 Å². The van der Waals surface area contributed by atoms with Crippen LogP contribution in [-0.4, -0.2) is 46.5 Å². The molecule has 9 heteroatoms. The summed E-state index contributed by atoms with van der Waals surface area (Å²) in [6.07, 6.45) is 3.91. The molecule has 1 saturated carbocycles. The number of aromatic carboxylic acids is 1. The Bertz CT molecular complexity index is 1040. The van der Waals surface area contributed by atoms with E-state index in [0.717, 1.165) is 31.0 Å².